The Bertz CT molecular complexity index is 1020. The van der Waals surface area contributed by atoms with Crippen molar-refractivity contribution in [3.63, 3.8) is 0 Å². The summed E-state index contributed by atoms with van der Waals surface area (Å²) >= 11 is 6.08. The SMILES string of the molecule is COc1cc(NC(=O)c2ccc(NC(=O)c3ccccc3)cc2)c(OC)cc1Cl. The fourth-order valence-electron chi connectivity index (χ4n) is 2.65. The molecule has 0 radical (unpaired) electrons. The highest BCUT2D eigenvalue weighted by atomic mass is 35.5. The molecule has 2 N–H and O–H groups in total. The maximum atomic E-state index is 12.6. The average Bonchev–Trinajstić information content (AvgIpc) is 2.75. The van der Waals surface area contributed by atoms with Crippen LogP contribution in [0.2, 0.25) is 5.02 Å². The van der Waals surface area contributed by atoms with Gasteiger partial charge in [0.25, 0.3) is 11.8 Å². The molecule has 29 heavy (non-hydrogen) atoms. The van der Waals surface area contributed by atoms with Crippen molar-refractivity contribution in [1.82, 2.24) is 0 Å². The molecule has 0 atom stereocenters. The van der Waals surface area contributed by atoms with E-state index in [0.29, 0.717) is 39.0 Å². The molecule has 0 spiro atoms. The molecule has 0 aliphatic rings. The summed E-state index contributed by atoms with van der Waals surface area (Å²) in [6.45, 7) is 0. The Hall–Kier alpha value is -3.51. The second-order valence-electron chi connectivity index (χ2n) is 6.04. The van der Waals surface area contributed by atoms with Crippen molar-refractivity contribution in [2.45, 2.75) is 0 Å². The predicted molar refractivity (Wildman–Crippen MR) is 113 cm³/mol. The smallest absolute Gasteiger partial charge is 0.255 e. The van der Waals surface area contributed by atoms with E-state index < -0.39 is 0 Å². The highest BCUT2D eigenvalue weighted by Gasteiger charge is 2.14. The zero-order chi connectivity index (χ0) is 20.8. The fraction of sp³-hybridized carbons (Fsp3) is 0.0909. The molecule has 3 aromatic rings. The Balaban J connectivity index is 1.72. The van der Waals surface area contributed by atoms with Crippen molar-refractivity contribution in [2.24, 2.45) is 0 Å². The highest BCUT2D eigenvalue weighted by Crippen LogP contribution is 2.36. The van der Waals surface area contributed by atoms with Crippen molar-refractivity contribution >= 4 is 34.8 Å². The first kappa shape index (κ1) is 20.2. The van der Waals surface area contributed by atoms with Gasteiger partial charge in [-0.3, -0.25) is 9.59 Å². The topological polar surface area (TPSA) is 76.7 Å². The lowest BCUT2D eigenvalue weighted by molar-refractivity contribution is 0.101. The van der Waals surface area contributed by atoms with Crippen LogP contribution in [-0.2, 0) is 0 Å². The molecule has 0 aliphatic carbocycles. The van der Waals surface area contributed by atoms with Gasteiger partial charge in [0.2, 0.25) is 0 Å². The minimum Gasteiger partial charge on any atom is -0.495 e. The first-order chi connectivity index (χ1) is 14.0. The van der Waals surface area contributed by atoms with Gasteiger partial charge in [-0.1, -0.05) is 29.8 Å². The lowest BCUT2D eigenvalue weighted by atomic mass is 10.1. The molecule has 0 heterocycles. The number of benzene rings is 3. The molecule has 6 nitrogen and oxygen atoms in total. The van der Waals surface area contributed by atoms with E-state index in [-0.39, 0.29) is 11.8 Å². The summed E-state index contributed by atoms with van der Waals surface area (Å²) in [5, 5.41) is 5.94. The van der Waals surface area contributed by atoms with E-state index in [9.17, 15) is 9.59 Å². The summed E-state index contributed by atoms with van der Waals surface area (Å²) in [5.74, 6) is 0.270. The third-order valence-corrected chi connectivity index (χ3v) is 4.46. The Labute approximate surface area is 173 Å². The van der Waals surface area contributed by atoms with Crippen LogP contribution in [0.25, 0.3) is 0 Å². The van der Waals surface area contributed by atoms with Crippen LogP contribution < -0.4 is 20.1 Å². The maximum absolute atomic E-state index is 12.6. The molecule has 0 aromatic heterocycles. The van der Waals surface area contributed by atoms with E-state index in [4.69, 9.17) is 21.1 Å². The van der Waals surface area contributed by atoms with E-state index >= 15 is 0 Å². The Morgan fingerprint density at radius 2 is 1.34 bits per heavy atom. The van der Waals surface area contributed by atoms with Gasteiger partial charge in [-0.2, -0.15) is 0 Å². The third kappa shape index (κ3) is 4.86. The molecule has 0 fully saturated rings. The fourth-order valence-corrected chi connectivity index (χ4v) is 2.88. The van der Waals surface area contributed by atoms with Gasteiger partial charge in [0.1, 0.15) is 11.5 Å². The molecule has 7 heteroatoms. The van der Waals surface area contributed by atoms with Crippen LogP contribution in [0.5, 0.6) is 11.5 Å². The van der Waals surface area contributed by atoms with Gasteiger partial charge in [-0.05, 0) is 36.4 Å². The van der Waals surface area contributed by atoms with Crippen molar-refractivity contribution in [3.8, 4) is 11.5 Å². The minimum absolute atomic E-state index is 0.221. The Morgan fingerprint density at radius 1 is 0.759 bits per heavy atom. The van der Waals surface area contributed by atoms with E-state index in [1.165, 1.54) is 14.2 Å². The van der Waals surface area contributed by atoms with Crippen LogP contribution in [-0.4, -0.2) is 26.0 Å². The van der Waals surface area contributed by atoms with Crippen molar-refractivity contribution in [2.75, 3.05) is 24.9 Å². The van der Waals surface area contributed by atoms with Crippen LogP contribution in [0.15, 0.2) is 66.7 Å². The normalized spacial score (nSPS) is 10.2. The van der Waals surface area contributed by atoms with Crippen molar-refractivity contribution in [3.05, 3.63) is 82.9 Å². The first-order valence-corrected chi connectivity index (χ1v) is 9.09. The number of carbonyl (C=O) groups is 2. The van der Waals surface area contributed by atoms with Crippen LogP contribution in [0.1, 0.15) is 20.7 Å². The van der Waals surface area contributed by atoms with Gasteiger partial charge >= 0.3 is 0 Å². The van der Waals surface area contributed by atoms with Crippen molar-refractivity contribution < 1.29 is 19.1 Å². The minimum atomic E-state index is -0.339. The number of hydrogen-bond acceptors (Lipinski definition) is 4. The summed E-state index contributed by atoms with van der Waals surface area (Å²) in [6, 6.07) is 18.6. The number of amides is 2. The van der Waals surface area contributed by atoms with Gasteiger partial charge in [0.05, 0.1) is 24.9 Å². The summed E-state index contributed by atoms with van der Waals surface area (Å²) in [7, 11) is 2.97. The number of anilines is 2. The summed E-state index contributed by atoms with van der Waals surface area (Å²) in [5.41, 5.74) is 1.98. The number of methoxy groups -OCH3 is 2. The summed E-state index contributed by atoms with van der Waals surface area (Å²) in [4.78, 5) is 24.8. The van der Waals surface area contributed by atoms with E-state index in [2.05, 4.69) is 10.6 Å². The van der Waals surface area contributed by atoms with Crippen LogP contribution in [0.3, 0.4) is 0 Å². The molecule has 2 amide bonds. The van der Waals surface area contributed by atoms with Gasteiger partial charge < -0.3 is 20.1 Å². The van der Waals surface area contributed by atoms with Crippen molar-refractivity contribution in [1.29, 1.82) is 0 Å². The molecule has 3 aromatic carbocycles. The molecule has 0 unspecified atom stereocenters. The Kier molecular flexibility index (Phi) is 6.36. The average molecular weight is 411 g/mol. The summed E-state index contributed by atoms with van der Waals surface area (Å²) < 4.78 is 10.4. The number of hydrogen-bond donors (Lipinski definition) is 2. The zero-order valence-corrected chi connectivity index (χ0v) is 16.6. The second kappa shape index (κ2) is 9.12. The number of rotatable bonds is 6. The molecule has 0 saturated carbocycles. The molecule has 0 bridgehead atoms. The van der Waals surface area contributed by atoms with Gasteiger partial charge in [0.15, 0.2) is 0 Å². The quantitative estimate of drug-likeness (QED) is 0.608. The predicted octanol–water partition coefficient (Wildman–Crippen LogP) is 4.86. The van der Waals surface area contributed by atoms with E-state index in [1.807, 2.05) is 6.07 Å². The number of halogens is 1. The standard InChI is InChI=1S/C22H19ClN2O4/c1-28-19-13-18(20(29-2)12-17(19)23)25-22(27)15-8-10-16(11-9-15)24-21(26)14-6-4-3-5-7-14/h3-13H,1-2H3,(H,24,26)(H,25,27). The molecular weight excluding hydrogens is 392 g/mol. The lowest BCUT2D eigenvalue weighted by Gasteiger charge is -2.13. The van der Waals surface area contributed by atoms with Crippen LogP contribution >= 0.6 is 11.6 Å². The number of ether oxygens (including phenoxy) is 2. The second-order valence-corrected chi connectivity index (χ2v) is 6.45. The van der Waals surface area contributed by atoms with Crippen LogP contribution in [0.4, 0.5) is 11.4 Å². The highest BCUT2D eigenvalue weighted by molar-refractivity contribution is 6.32. The monoisotopic (exact) mass is 410 g/mol. The largest absolute Gasteiger partial charge is 0.495 e. The van der Waals surface area contributed by atoms with E-state index in [0.717, 1.165) is 0 Å². The molecule has 0 saturated heterocycles. The maximum Gasteiger partial charge on any atom is 0.255 e. The number of nitrogens with one attached hydrogen (secondary N) is 2. The Morgan fingerprint density at radius 3 is 1.97 bits per heavy atom. The van der Waals surface area contributed by atoms with Gasteiger partial charge in [-0.25, -0.2) is 0 Å². The molecule has 0 aliphatic heterocycles. The summed E-state index contributed by atoms with van der Waals surface area (Å²) in [6.07, 6.45) is 0. The van der Waals surface area contributed by atoms with Crippen LogP contribution in [0, 0.1) is 0 Å². The molecule has 148 valence electrons. The molecular formula is C22H19ClN2O4. The van der Waals surface area contributed by atoms with Gasteiger partial charge in [-0.15, -0.1) is 0 Å². The molecule has 3 rings (SSSR count). The van der Waals surface area contributed by atoms with E-state index in [1.54, 1.807) is 60.7 Å². The lowest BCUT2D eigenvalue weighted by Crippen LogP contribution is -2.14. The van der Waals surface area contributed by atoms with Gasteiger partial charge in [0, 0.05) is 28.9 Å². The third-order valence-electron chi connectivity index (χ3n) is 4.16. The number of carbonyl (C=O) groups excluding carboxylic acids is 2. The first-order valence-electron chi connectivity index (χ1n) is 8.71. The zero-order valence-electron chi connectivity index (χ0n) is 15.9.